The van der Waals surface area contributed by atoms with Gasteiger partial charge in [-0.15, -0.1) is 11.3 Å². The maximum Gasteiger partial charge on any atom is 0.410 e. The second kappa shape index (κ2) is 7.66. The Morgan fingerprint density at radius 1 is 1.31 bits per heavy atom. The fourth-order valence-electron chi connectivity index (χ4n) is 4.23. The Morgan fingerprint density at radius 2 is 2.03 bits per heavy atom. The lowest BCUT2D eigenvalue weighted by Gasteiger charge is -2.33. The number of alkyl halides is 3. The lowest BCUT2D eigenvalue weighted by atomic mass is 9.93. The van der Waals surface area contributed by atoms with Gasteiger partial charge in [-0.25, -0.2) is 4.68 Å². The van der Waals surface area contributed by atoms with Crippen LogP contribution in [0.3, 0.4) is 0 Å². The number of thiophene rings is 1. The van der Waals surface area contributed by atoms with Crippen molar-refractivity contribution in [3.63, 3.8) is 0 Å². The number of likely N-dealkylation sites (tertiary alicyclic amines) is 1. The summed E-state index contributed by atoms with van der Waals surface area (Å²) in [4.78, 5) is 14.9. The zero-order valence-electron chi connectivity index (χ0n) is 16.4. The molecule has 2 atom stereocenters. The van der Waals surface area contributed by atoms with Crippen molar-refractivity contribution in [1.29, 1.82) is 0 Å². The summed E-state index contributed by atoms with van der Waals surface area (Å²) in [5.41, 5.74) is 0.685. The average Bonchev–Trinajstić information content (AvgIpc) is 3.35. The minimum Gasteiger partial charge on any atom is -0.363 e. The van der Waals surface area contributed by atoms with Crippen molar-refractivity contribution in [3.8, 4) is 0 Å². The number of nitrogens with zero attached hydrogens (tertiary/aromatic N) is 3. The van der Waals surface area contributed by atoms with E-state index in [-0.39, 0.29) is 30.2 Å². The van der Waals surface area contributed by atoms with E-state index in [9.17, 15) is 18.0 Å². The number of piperidine rings is 1. The molecule has 1 amide bonds. The Balaban J connectivity index is 1.55. The molecule has 0 unspecified atom stereocenters. The molecule has 2 aromatic heterocycles. The third-order valence-electron chi connectivity index (χ3n) is 5.81. The lowest BCUT2D eigenvalue weighted by Crippen LogP contribution is -2.40. The molecule has 158 valence electrons. The molecule has 0 bridgehead atoms. The summed E-state index contributed by atoms with van der Waals surface area (Å²) in [7, 11) is 0. The zero-order chi connectivity index (χ0) is 20.8. The molecule has 5 nitrogen and oxygen atoms in total. The Kier molecular flexibility index (Phi) is 5.35. The number of carbonyl (C=O) groups excluding carboxylic acids is 1. The molecule has 0 aromatic carbocycles. The Hall–Kier alpha value is -2.03. The van der Waals surface area contributed by atoms with Crippen LogP contribution in [-0.4, -0.2) is 39.9 Å². The zero-order valence-corrected chi connectivity index (χ0v) is 17.3. The van der Waals surface area contributed by atoms with E-state index in [0.29, 0.717) is 24.6 Å². The minimum atomic E-state index is -4.36. The van der Waals surface area contributed by atoms with Crippen LogP contribution in [0.15, 0.2) is 23.6 Å². The maximum absolute atomic E-state index is 13.8. The average molecular weight is 427 g/mol. The number of nitrogens with one attached hydrogen (secondary N) is 1. The molecule has 0 spiro atoms. The Morgan fingerprint density at radius 3 is 2.62 bits per heavy atom. The van der Waals surface area contributed by atoms with Crippen LogP contribution in [0, 0.1) is 5.92 Å². The molecule has 2 aromatic rings. The van der Waals surface area contributed by atoms with Crippen LogP contribution >= 0.6 is 11.3 Å². The number of aromatic nitrogens is 2. The normalized spacial score (nSPS) is 23.2. The van der Waals surface area contributed by atoms with Crippen LogP contribution in [0.5, 0.6) is 0 Å². The number of fused-ring (bicyclic) bond motifs is 1. The monoisotopic (exact) mass is 426 g/mol. The van der Waals surface area contributed by atoms with Gasteiger partial charge in [0.05, 0.1) is 11.7 Å². The van der Waals surface area contributed by atoms with Gasteiger partial charge in [0.1, 0.15) is 5.82 Å². The van der Waals surface area contributed by atoms with Crippen molar-refractivity contribution in [2.75, 3.05) is 18.4 Å². The van der Waals surface area contributed by atoms with Crippen LogP contribution in [0.4, 0.5) is 19.0 Å². The van der Waals surface area contributed by atoms with Gasteiger partial charge in [-0.2, -0.15) is 18.3 Å². The highest BCUT2D eigenvalue weighted by molar-refractivity contribution is 7.10. The van der Waals surface area contributed by atoms with Gasteiger partial charge < -0.3 is 10.2 Å². The third kappa shape index (κ3) is 4.01. The number of amides is 1. The number of rotatable bonds is 3. The molecule has 4 heterocycles. The largest absolute Gasteiger partial charge is 0.410 e. The first-order chi connectivity index (χ1) is 13.7. The molecular weight excluding hydrogens is 401 g/mol. The Bertz CT molecular complexity index is 854. The summed E-state index contributed by atoms with van der Waals surface area (Å²) in [5, 5.41) is 9.50. The van der Waals surface area contributed by atoms with Crippen LogP contribution < -0.4 is 5.32 Å². The summed E-state index contributed by atoms with van der Waals surface area (Å²) in [6, 6.07) is 3.48. The van der Waals surface area contributed by atoms with Crippen molar-refractivity contribution in [1.82, 2.24) is 14.7 Å². The summed E-state index contributed by atoms with van der Waals surface area (Å²) in [5.74, 6) is 0.579. The fraction of sp³-hybridized carbons (Fsp3) is 0.600. The number of hydrogen-bond acceptors (Lipinski definition) is 4. The molecule has 2 aliphatic rings. The molecule has 0 radical (unpaired) electrons. The van der Waals surface area contributed by atoms with Gasteiger partial charge in [0.2, 0.25) is 5.91 Å². The van der Waals surface area contributed by atoms with Gasteiger partial charge in [-0.3, -0.25) is 4.79 Å². The van der Waals surface area contributed by atoms with E-state index in [1.165, 1.54) is 11.3 Å². The topological polar surface area (TPSA) is 50.2 Å². The highest BCUT2D eigenvalue weighted by atomic mass is 32.1. The second-order valence-electron chi connectivity index (χ2n) is 8.16. The summed E-state index contributed by atoms with van der Waals surface area (Å²) < 4.78 is 42.4. The number of carbonyl (C=O) groups is 1. The van der Waals surface area contributed by atoms with Crippen molar-refractivity contribution in [3.05, 3.63) is 34.2 Å². The highest BCUT2D eigenvalue weighted by Crippen LogP contribution is 2.45. The van der Waals surface area contributed by atoms with Gasteiger partial charge in [0, 0.05) is 42.3 Å². The van der Waals surface area contributed by atoms with Crippen molar-refractivity contribution in [2.45, 2.75) is 57.3 Å². The van der Waals surface area contributed by atoms with E-state index in [1.807, 2.05) is 36.3 Å². The second-order valence-corrected chi connectivity index (χ2v) is 9.14. The first-order valence-corrected chi connectivity index (χ1v) is 10.9. The van der Waals surface area contributed by atoms with E-state index in [4.69, 9.17) is 0 Å². The molecule has 4 rings (SSSR count). The van der Waals surface area contributed by atoms with Crippen LogP contribution in [0.1, 0.15) is 61.7 Å². The molecular formula is C20H25F3N4OS. The van der Waals surface area contributed by atoms with Crippen LogP contribution in [0.2, 0.25) is 0 Å². The first kappa shape index (κ1) is 20.3. The molecule has 1 N–H and O–H groups in total. The predicted molar refractivity (Wildman–Crippen MR) is 106 cm³/mol. The van der Waals surface area contributed by atoms with E-state index in [0.717, 1.165) is 22.4 Å². The minimum absolute atomic E-state index is 0.0441. The van der Waals surface area contributed by atoms with Crippen molar-refractivity contribution >= 4 is 23.1 Å². The summed E-state index contributed by atoms with van der Waals surface area (Å²) >= 11 is 1.46. The van der Waals surface area contributed by atoms with Crippen LogP contribution in [0.25, 0.3) is 0 Å². The van der Waals surface area contributed by atoms with Crippen molar-refractivity contribution in [2.24, 2.45) is 5.92 Å². The fourth-order valence-corrected chi connectivity index (χ4v) is 5.02. The lowest BCUT2D eigenvalue weighted by molar-refractivity contribution is -0.173. The number of anilines is 1. The third-order valence-corrected chi connectivity index (χ3v) is 6.80. The van der Waals surface area contributed by atoms with E-state index in [1.54, 1.807) is 6.07 Å². The molecule has 0 aliphatic carbocycles. The summed E-state index contributed by atoms with van der Waals surface area (Å²) in [6.45, 7) is 5.01. The smallest absolute Gasteiger partial charge is 0.363 e. The molecule has 0 saturated carbocycles. The predicted octanol–water partition coefficient (Wildman–Crippen LogP) is 4.97. The molecule has 1 saturated heterocycles. The summed E-state index contributed by atoms with van der Waals surface area (Å²) in [6.07, 6.45) is -2.98. The standard InChI is InChI=1S/C20H25F3N4OS/c1-12(2)19(28)26-7-5-13(6-8-26)14-11-18-24-15(16-4-3-9-29-16)10-17(20(21,22)23)27(18)25-14/h3-4,9,11-13,15,17,24H,5-8,10H2,1-2H3/t15-,17+/m0/s1. The number of halogens is 3. The maximum atomic E-state index is 13.8. The Labute approximate surface area is 171 Å². The molecule has 9 heteroatoms. The van der Waals surface area contributed by atoms with Gasteiger partial charge >= 0.3 is 6.18 Å². The molecule has 29 heavy (non-hydrogen) atoms. The molecule has 2 aliphatic heterocycles. The van der Waals surface area contributed by atoms with Crippen LogP contribution in [-0.2, 0) is 4.79 Å². The number of hydrogen-bond donors (Lipinski definition) is 1. The van der Waals surface area contributed by atoms with E-state index < -0.39 is 12.2 Å². The van der Waals surface area contributed by atoms with E-state index >= 15 is 0 Å². The van der Waals surface area contributed by atoms with Gasteiger partial charge in [-0.05, 0) is 24.3 Å². The van der Waals surface area contributed by atoms with Gasteiger partial charge in [0.25, 0.3) is 0 Å². The quantitative estimate of drug-likeness (QED) is 0.754. The SMILES string of the molecule is CC(C)C(=O)N1CCC(c2cc3n(n2)[C@@H](C(F)(F)F)C[C@@H](c2cccs2)N3)CC1. The van der Waals surface area contributed by atoms with E-state index in [2.05, 4.69) is 10.4 Å². The van der Waals surface area contributed by atoms with Gasteiger partial charge in [-0.1, -0.05) is 19.9 Å². The highest BCUT2D eigenvalue weighted by Gasteiger charge is 2.47. The first-order valence-electron chi connectivity index (χ1n) is 9.99. The van der Waals surface area contributed by atoms with Crippen molar-refractivity contribution < 1.29 is 18.0 Å². The molecule has 1 fully saturated rings. The van der Waals surface area contributed by atoms with Gasteiger partial charge in [0.15, 0.2) is 6.04 Å².